The number of hydrogen-bond donors (Lipinski definition) is 2. The predicted molar refractivity (Wildman–Crippen MR) is 80.8 cm³/mol. The number of aryl methyl sites for hydroxylation is 2. The highest BCUT2D eigenvalue weighted by molar-refractivity contribution is 5.77. The van der Waals surface area contributed by atoms with Gasteiger partial charge in [0.2, 0.25) is 0 Å². The molecule has 0 atom stereocenters. The van der Waals surface area contributed by atoms with Gasteiger partial charge in [-0.05, 0) is 37.1 Å². The lowest BCUT2D eigenvalue weighted by atomic mass is 10.1. The third kappa shape index (κ3) is 5.36. The van der Waals surface area contributed by atoms with Crippen molar-refractivity contribution < 1.29 is 19.2 Å². The standard InChI is InChI=1S/C16H24N2O3/c1-13-3-4-15(11-14(13)2)21-12-16(19)17-5-6-18-7-9-20-10-8-18/h3-4,11H,5-10,12H2,1-2H3,(H,17,19)/p+1. The van der Waals surface area contributed by atoms with Crippen LogP contribution in [-0.2, 0) is 9.53 Å². The molecule has 1 aliphatic heterocycles. The fourth-order valence-corrected chi connectivity index (χ4v) is 2.29. The van der Waals surface area contributed by atoms with E-state index in [0.717, 1.165) is 38.6 Å². The van der Waals surface area contributed by atoms with Crippen LogP contribution >= 0.6 is 0 Å². The quantitative estimate of drug-likeness (QED) is 0.758. The zero-order chi connectivity index (χ0) is 15.1. The van der Waals surface area contributed by atoms with Crippen molar-refractivity contribution in [1.29, 1.82) is 0 Å². The highest BCUT2D eigenvalue weighted by Gasteiger charge is 2.13. The van der Waals surface area contributed by atoms with Crippen LogP contribution in [0.3, 0.4) is 0 Å². The Kier molecular flexibility index (Phi) is 6.02. The van der Waals surface area contributed by atoms with Crippen molar-refractivity contribution in [2.45, 2.75) is 13.8 Å². The van der Waals surface area contributed by atoms with Crippen LogP contribution < -0.4 is 15.0 Å². The zero-order valence-electron chi connectivity index (χ0n) is 12.9. The second kappa shape index (κ2) is 8.00. The fraction of sp³-hybridized carbons (Fsp3) is 0.562. The van der Waals surface area contributed by atoms with Crippen LogP contribution in [0, 0.1) is 13.8 Å². The topological polar surface area (TPSA) is 52.0 Å². The normalized spacial score (nSPS) is 15.7. The molecular formula is C16H25N2O3+. The molecule has 0 bridgehead atoms. The summed E-state index contributed by atoms with van der Waals surface area (Å²) >= 11 is 0. The van der Waals surface area contributed by atoms with Gasteiger partial charge < -0.3 is 19.7 Å². The molecule has 1 aliphatic rings. The van der Waals surface area contributed by atoms with Crippen molar-refractivity contribution >= 4 is 5.91 Å². The molecule has 0 unspecified atom stereocenters. The van der Waals surface area contributed by atoms with E-state index in [2.05, 4.69) is 12.2 Å². The molecule has 0 radical (unpaired) electrons. The Morgan fingerprint density at radius 1 is 1.29 bits per heavy atom. The molecule has 0 aromatic heterocycles. The van der Waals surface area contributed by atoms with Crippen molar-refractivity contribution in [3.05, 3.63) is 29.3 Å². The summed E-state index contributed by atoms with van der Waals surface area (Å²) in [5.74, 6) is 0.674. The molecule has 2 N–H and O–H groups in total. The Balaban J connectivity index is 1.63. The molecule has 21 heavy (non-hydrogen) atoms. The number of amides is 1. The average Bonchev–Trinajstić information content (AvgIpc) is 2.49. The maximum Gasteiger partial charge on any atom is 0.258 e. The number of benzene rings is 1. The summed E-state index contributed by atoms with van der Waals surface area (Å²) in [5, 5.41) is 2.90. The molecule has 2 rings (SSSR count). The molecule has 1 heterocycles. The monoisotopic (exact) mass is 293 g/mol. The van der Waals surface area contributed by atoms with Crippen molar-refractivity contribution in [1.82, 2.24) is 5.32 Å². The van der Waals surface area contributed by atoms with Gasteiger partial charge in [0.1, 0.15) is 18.8 Å². The van der Waals surface area contributed by atoms with Gasteiger partial charge in [-0.3, -0.25) is 4.79 Å². The highest BCUT2D eigenvalue weighted by atomic mass is 16.5. The molecular weight excluding hydrogens is 268 g/mol. The first-order valence-electron chi connectivity index (χ1n) is 7.53. The molecule has 116 valence electrons. The van der Waals surface area contributed by atoms with Gasteiger partial charge in [-0.15, -0.1) is 0 Å². The smallest absolute Gasteiger partial charge is 0.258 e. The summed E-state index contributed by atoms with van der Waals surface area (Å²) in [5.41, 5.74) is 2.39. The van der Waals surface area contributed by atoms with E-state index >= 15 is 0 Å². The van der Waals surface area contributed by atoms with E-state index in [1.165, 1.54) is 16.0 Å². The number of carbonyl (C=O) groups is 1. The van der Waals surface area contributed by atoms with Gasteiger partial charge in [-0.1, -0.05) is 6.07 Å². The molecule has 5 heteroatoms. The van der Waals surface area contributed by atoms with Gasteiger partial charge in [0, 0.05) is 0 Å². The van der Waals surface area contributed by atoms with Crippen LogP contribution in [0.15, 0.2) is 18.2 Å². The molecule has 5 nitrogen and oxygen atoms in total. The molecule has 1 fully saturated rings. The third-order valence-electron chi connectivity index (χ3n) is 3.85. The maximum absolute atomic E-state index is 11.7. The summed E-state index contributed by atoms with van der Waals surface area (Å²) in [6.45, 7) is 9.47. The first-order valence-corrected chi connectivity index (χ1v) is 7.53. The number of quaternary nitrogens is 1. The van der Waals surface area contributed by atoms with Crippen molar-refractivity contribution in [2.75, 3.05) is 46.0 Å². The summed E-state index contributed by atoms with van der Waals surface area (Å²) in [4.78, 5) is 13.2. The van der Waals surface area contributed by atoms with Gasteiger partial charge in [0.05, 0.1) is 26.3 Å². The SMILES string of the molecule is Cc1ccc(OCC(=O)NCC[NH+]2CCOCC2)cc1C. The van der Waals surface area contributed by atoms with Gasteiger partial charge in [-0.2, -0.15) is 0 Å². The Bertz CT molecular complexity index is 471. The Hall–Kier alpha value is -1.59. The van der Waals surface area contributed by atoms with Gasteiger partial charge in [-0.25, -0.2) is 0 Å². The molecule has 0 saturated carbocycles. The molecule has 1 amide bonds. The number of morpholine rings is 1. The molecule has 1 saturated heterocycles. The van der Waals surface area contributed by atoms with E-state index in [9.17, 15) is 4.79 Å². The summed E-state index contributed by atoms with van der Waals surface area (Å²) < 4.78 is 10.8. The number of rotatable bonds is 6. The van der Waals surface area contributed by atoms with E-state index in [1.807, 2.05) is 25.1 Å². The first-order chi connectivity index (χ1) is 10.1. The molecule has 1 aromatic rings. The lowest BCUT2D eigenvalue weighted by Crippen LogP contribution is -3.14. The highest BCUT2D eigenvalue weighted by Crippen LogP contribution is 2.16. The second-order valence-corrected chi connectivity index (χ2v) is 5.50. The lowest BCUT2D eigenvalue weighted by Gasteiger charge is -2.23. The number of ether oxygens (including phenoxy) is 2. The van der Waals surface area contributed by atoms with E-state index in [-0.39, 0.29) is 12.5 Å². The summed E-state index contributed by atoms with van der Waals surface area (Å²) in [7, 11) is 0. The van der Waals surface area contributed by atoms with Crippen LogP contribution in [-0.4, -0.2) is 51.9 Å². The van der Waals surface area contributed by atoms with E-state index in [0.29, 0.717) is 6.54 Å². The van der Waals surface area contributed by atoms with Crippen LogP contribution in [0.25, 0.3) is 0 Å². The largest absolute Gasteiger partial charge is 0.484 e. The van der Waals surface area contributed by atoms with Crippen molar-refractivity contribution in [2.24, 2.45) is 0 Å². The minimum atomic E-state index is -0.0686. The zero-order valence-corrected chi connectivity index (χ0v) is 12.9. The summed E-state index contributed by atoms with van der Waals surface area (Å²) in [6.07, 6.45) is 0. The van der Waals surface area contributed by atoms with Gasteiger partial charge >= 0.3 is 0 Å². The molecule has 0 aliphatic carbocycles. The minimum Gasteiger partial charge on any atom is -0.484 e. The second-order valence-electron chi connectivity index (χ2n) is 5.50. The van der Waals surface area contributed by atoms with Gasteiger partial charge in [0.25, 0.3) is 5.91 Å². The van der Waals surface area contributed by atoms with Crippen molar-refractivity contribution in [3.63, 3.8) is 0 Å². The fourth-order valence-electron chi connectivity index (χ4n) is 2.29. The number of carbonyl (C=O) groups excluding carboxylic acids is 1. The van der Waals surface area contributed by atoms with Crippen molar-refractivity contribution in [3.8, 4) is 5.75 Å². The van der Waals surface area contributed by atoms with E-state index in [1.54, 1.807) is 0 Å². The third-order valence-corrected chi connectivity index (χ3v) is 3.85. The van der Waals surface area contributed by atoms with E-state index < -0.39 is 0 Å². The van der Waals surface area contributed by atoms with Gasteiger partial charge in [0.15, 0.2) is 6.61 Å². The predicted octanol–water partition coefficient (Wildman–Crippen LogP) is -0.286. The first kappa shape index (κ1) is 15.8. The Morgan fingerprint density at radius 2 is 2.05 bits per heavy atom. The lowest BCUT2D eigenvalue weighted by molar-refractivity contribution is -0.906. The van der Waals surface area contributed by atoms with Crippen LogP contribution in [0.4, 0.5) is 0 Å². The number of hydrogen-bond acceptors (Lipinski definition) is 3. The summed E-state index contributed by atoms with van der Waals surface area (Å²) in [6, 6.07) is 5.86. The van der Waals surface area contributed by atoms with Crippen LogP contribution in [0.5, 0.6) is 5.75 Å². The maximum atomic E-state index is 11.7. The minimum absolute atomic E-state index is 0.0686. The molecule has 1 aromatic carbocycles. The van der Waals surface area contributed by atoms with Crippen LogP contribution in [0.1, 0.15) is 11.1 Å². The Labute approximate surface area is 126 Å². The van der Waals surface area contributed by atoms with E-state index in [4.69, 9.17) is 9.47 Å². The average molecular weight is 293 g/mol. The Morgan fingerprint density at radius 3 is 2.76 bits per heavy atom. The number of nitrogens with one attached hydrogen (secondary N) is 2. The molecule has 0 spiro atoms. The van der Waals surface area contributed by atoms with Crippen LogP contribution in [0.2, 0.25) is 0 Å².